The molecule has 2 aromatic rings. The van der Waals surface area contributed by atoms with Crippen LogP contribution in [-0.4, -0.2) is 25.2 Å². The number of halogens is 2. The van der Waals surface area contributed by atoms with Gasteiger partial charge in [0, 0.05) is 33.4 Å². The van der Waals surface area contributed by atoms with Gasteiger partial charge in [0.05, 0.1) is 0 Å². The Morgan fingerprint density at radius 1 is 0.625 bits per heavy atom. The van der Waals surface area contributed by atoms with Crippen LogP contribution in [0, 0.1) is 27.7 Å². The quantitative estimate of drug-likeness (QED) is 0.247. The fourth-order valence-electron chi connectivity index (χ4n) is 3.54. The molecule has 0 spiro atoms. The van der Waals surface area contributed by atoms with E-state index < -0.39 is 0 Å². The van der Waals surface area contributed by atoms with Crippen LogP contribution in [0.4, 0.5) is 21.0 Å². The molecule has 0 bridgehead atoms. The van der Waals surface area contributed by atoms with E-state index in [1.165, 1.54) is 0 Å². The highest BCUT2D eigenvalue weighted by molar-refractivity contribution is 9.10. The molecule has 0 radical (unpaired) electrons. The maximum absolute atomic E-state index is 12.1. The maximum Gasteiger partial charge on any atom is 0.319 e. The molecule has 174 valence electrons. The Bertz CT molecular complexity index is 840. The van der Waals surface area contributed by atoms with Gasteiger partial charge in [-0.15, -0.1) is 0 Å². The molecule has 0 aliphatic carbocycles. The Balaban J connectivity index is 1.57. The summed E-state index contributed by atoms with van der Waals surface area (Å²) in [5.41, 5.74) is 5.79. The largest absolute Gasteiger partial charge is 0.338 e. The smallest absolute Gasteiger partial charge is 0.319 e. The topological polar surface area (TPSA) is 82.3 Å². The van der Waals surface area contributed by atoms with E-state index in [0.29, 0.717) is 13.1 Å². The van der Waals surface area contributed by atoms with Gasteiger partial charge in [-0.1, -0.05) is 44.7 Å². The van der Waals surface area contributed by atoms with Crippen LogP contribution in [0.25, 0.3) is 0 Å². The summed E-state index contributed by atoms with van der Waals surface area (Å²) in [6.45, 7) is 9.14. The minimum atomic E-state index is -0.185. The second-order valence-electron chi connectivity index (χ2n) is 8.01. The minimum Gasteiger partial charge on any atom is -0.338 e. The molecule has 0 fully saturated rings. The van der Waals surface area contributed by atoms with Gasteiger partial charge in [-0.05, 0) is 87.1 Å². The third-order valence-electron chi connectivity index (χ3n) is 5.15. The number of rotatable bonds is 9. The van der Waals surface area contributed by atoms with Gasteiger partial charge < -0.3 is 21.3 Å². The van der Waals surface area contributed by atoms with Gasteiger partial charge in [-0.25, -0.2) is 9.59 Å². The lowest BCUT2D eigenvalue weighted by Gasteiger charge is -2.13. The molecule has 8 heteroatoms. The molecule has 0 saturated carbocycles. The summed E-state index contributed by atoms with van der Waals surface area (Å²) < 4.78 is 2.01. The predicted octanol–water partition coefficient (Wildman–Crippen LogP) is 6.95. The minimum absolute atomic E-state index is 0.185. The first-order chi connectivity index (χ1) is 15.2. The Morgan fingerprint density at radius 3 is 1.25 bits per heavy atom. The molecule has 6 nitrogen and oxygen atoms in total. The van der Waals surface area contributed by atoms with Crippen molar-refractivity contribution in [3.8, 4) is 0 Å². The first-order valence-corrected chi connectivity index (χ1v) is 12.4. The Morgan fingerprint density at radius 2 is 0.938 bits per heavy atom. The monoisotopic (exact) mass is 566 g/mol. The van der Waals surface area contributed by atoms with Gasteiger partial charge >= 0.3 is 12.1 Å². The van der Waals surface area contributed by atoms with E-state index in [2.05, 4.69) is 53.1 Å². The van der Waals surface area contributed by atoms with E-state index in [1.807, 2.05) is 52.0 Å². The van der Waals surface area contributed by atoms with Crippen LogP contribution in [0.1, 0.15) is 47.9 Å². The highest BCUT2D eigenvalue weighted by Gasteiger charge is 2.09. The second-order valence-corrected chi connectivity index (χ2v) is 9.84. The predicted molar refractivity (Wildman–Crippen MR) is 140 cm³/mol. The first kappa shape index (κ1) is 26.2. The van der Waals surface area contributed by atoms with E-state index in [0.717, 1.165) is 68.3 Å². The van der Waals surface area contributed by atoms with Crippen molar-refractivity contribution < 1.29 is 9.59 Å². The fraction of sp³-hybridized carbons (Fsp3) is 0.417. The first-order valence-electron chi connectivity index (χ1n) is 10.8. The molecular formula is C24H32Br2N4O2. The van der Waals surface area contributed by atoms with Crippen molar-refractivity contribution in [1.29, 1.82) is 0 Å². The Hall–Kier alpha value is -2.06. The lowest BCUT2D eigenvalue weighted by atomic mass is 10.1. The highest BCUT2D eigenvalue weighted by Crippen LogP contribution is 2.26. The number of amides is 4. The van der Waals surface area contributed by atoms with Crippen LogP contribution in [0.5, 0.6) is 0 Å². The van der Waals surface area contributed by atoms with Crippen molar-refractivity contribution in [3.05, 3.63) is 55.5 Å². The van der Waals surface area contributed by atoms with Crippen molar-refractivity contribution in [2.75, 3.05) is 23.7 Å². The number of urea groups is 2. The molecule has 2 aromatic carbocycles. The zero-order chi connectivity index (χ0) is 23.7. The molecule has 4 amide bonds. The van der Waals surface area contributed by atoms with Gasteiger partial charge in [-0.2, -0.15) is 0 Å². The summed E-state index contributed by atoms with van der Waals surface area (Å²) in [4.78, 5) is 24.3. The van der Waals surface area contributed by atoms with Crippen LogP contribution in [0.3, 0.4) is 0 Å². The fourth-order valence-corrected chi connectivity index (χ4v) is 4.91. The van der Waals surface area contributed by atoms with Crippen molar-refractivity contribution in [2.24, 2.45) is 0 Å². The van der Waals surface area contributed by atoms with E-state index in [4.69, 9.17) is 0 Å². The number of anilines is 2. The zero-order valence-electron chi connectivity index (χ0n) is 19.1. The number of hydrogen-bond donors (Lipinski definition) is 4. The summed E-state index contributed by atoms with van der Waals surface area (Å²) in [6, 6.07) is 7.57. The van der Waals surface area contributed by atoms with Crippen LogP contribution < -0.4 is 21.3 Å². The van der Waals surface area contributed by atoms with Crippen LogP contribution in [-0.2, 0) is 0 Å². The number of unbranched alkanes of at least 4 members (excludes halogenated alkanes) is 3. The standard InChI is InChI=1S/C24H32Br2N4O2/c1-15-11-19(25)12-16(2)21(15)29-23(31)27-9-7-5-6-8-10-28-24(32)30-22-17(3)13-20(26)14-18(22)4/h11-14H,5-10H2,1-4H3,(H2,27,29,31)(H2,28,30,32). The number of hydrogen-bond acceptors (Lipinski definition) is 2. The number of aryl methyl sites for hydroxylation is 4. The van der Waals surface area contributed by atoms with Gasteiger partial charge in [-0.3, -0.25) is 0 Å². The summed E-state index contributed by atoms with van der Waals surface area (Å²) in [5.74, 6) is 0. The number of carbonyl (C=O) groups is 2. The molecule has 2 rings (SSSR count). The summed E-state index contributed by atoms with van der Waals surface area (Å²) in [5, 5.41) is 11.7. The third kappa shape index (κ3) is 8.47. The second kappa shape index (κ2) is 12.8. The van der Waals surface area contributed by atoms with Crippen molar-refractivity contribution in [2.45, 2.75) is 53.4 Å². The van der Waals surface area contributed by atoms with Gasteiger partial charge in [0.2, 0.25) is 0 Å². The normalized spacial score (nSPS) is 10.6. The number of benzene rings is 2. The lowest BCUT2D eigenvalue weighted by Crippen LogP contribution is -2.30. The van der Waals surface area contributed by atoms with E-state index in [-0.39, 0.29) is 12.1 Å². The third-order valence-corrected chi connectivity index (χ3v) is 6.06. The van der Waals surface area contributed by atoms with Gasteiger partial charge in [0.15, 0.2) is 0 Å². The Kier molecular flexibility index (Phi) is 10.5. The highest BCUT2D eigenvalue weighted by atomic mass is 79.9. The van der Waals surface area contributed by atoms with E-state index >= 15 is 0 Å². The van der Waals surface area contributed by atoms with Crippen molar-refractivity contribution in [1.82, 2.24) is 10.6 Å². The van der Waals surface area contributed by atoms with Gasteiger partial charge in [0.1, 0.15) is 0 Å². The van der Waals surface area contributed by atoms with Crippen molar-refractivity contribution >= 4 is 55.3 Å². The molecular weight excluding hydrogens is 536 g/mol. The van der Waals surface area contributed by atoms with Crippen LogP contribution in [0.15, 0.2) is 33.2 Å². The average Bonchev–Trinajstić information content (AvgIpc) is 2.69. The van der Waals surface area contributed by atoms with Crippen molar-refractivity contribution in [3.63, 3.8) is 0 Å². The number of carbonyl (C=O) groups excluding carboxylic acids is 2. The Labute approximate surface area is 207 Å². The molecule has 0 aliphatic rings. The lowest BCUT2D eigenvalue weighted by molar-refractivity contribution is 0.250. The molecule has 0 heterocycles. The van der Waals surface area contributed by atoms with Crippen LogP contribution >= 0.6 is 31.9 Å². The molecule has 0 atom stereocenters. The molecule has 0 aliphatic heterocycles. The molecule has 0 aromatic heterocycles. The summed E-state index contributed by atoms with van der Waals surface area (Å²) in [7, 11) is 0. The van der Waals surface area contributed by atoms with E-state index in [9.17, 15) is 9.59 Å². The maximum atomic E-state index is 12.1. The van der Waals surface area contributed by atoms with Gasteiger partial charge in [0.25, 0.3) is 0 Å². The summed E-state index contributed by atoms with van der Waals surface area (Å²) in [6.07, 6.45) is 3.78. The number of nitrogens with one attached hydrogen (secondary N) is 4. The molecule has 32 heavy (non-hydrogen) atoms. The summed E-state index contributed by atoms with van der Waals surface area (Å²) >= 11 is 6.93. The van der Waals surface area contributed by atoms with Crippen LogP contribution in [0.2, 0.25) is 0 Å². The molecule has 4 N–H and O–H groups in total. The molecule has 0 saturated heterocycles. The SMILES string of the molecule is Cc1cc(Br)cc(C)c1NC(=O)NCCCCCCNC(=O)Nc1c(C)cc(Br)cc1C. The zero-order valence-corrected chi connectivity index (χ0v) is 22.3. The van der Waals surface area contributed by atoms with E-state index in [1.54, 1.807) is 0 Å². The molecule has 0 unspecified atom stereocenters. The average molecular weight is 568 g/mol.